The Labute approximate surface area is 132 Å². The monoisotopic (exact) mass is 306 g/mol. The Morgan fingerprint density at radius 3 is 2.59 bits per heavy atom. The van der Waals surface area contributed by atoms with Crippen LogP contribution in [-0.2, 0) is 15.1 Å². The molecule has 2 N–H and O–H groups in total. The summed E-state index contributed by atoms with van der Waals surface area (Å²) in [4.78, 5) is 12.1. The molecule has 0 unspecified atom stereocenters. The Hall–Kier alpha value is -1.59. The topological polar surface area (TPSA) is 59.6 Å². The molecule has 122 valence electrons. The number of ether oxygens (including phenoxy) is 2. The summed E-state index contributed by atoms with van der Waals surface area (Å²) in [6.07, 6.45) is 2.52. The van der Waals surface area contributed by atoms with Crippen molar-refractivity contribution in [3.8, 4) is 0 Å². The largest absolute Gasteiger partial charge is 0.381 e. The summed E-state index contributed by atoms with van der Waals surface area (Å²) >= 11 is 0. The minimum atomic E-state index is -0.492. The molecule has 1 atom stereocenters. The average molecular weight is 306 g/mol. The fourth-order valence-electron chi connectivity index (χ4n) is 2.81. The number of carbonyl (C=O) groups excluding carboxylic acids is 1. The Morgan fingerprint density at radius 1 is 1.32 bits per heavy atom. The lowest BCUT2D eigenvalue weighted by molar-refractivity contribution is -0.0154. The molecule has 1 saturated heterocycles. The van der Waals surface area contributed by atoms with E-state index in [1.54, 1.807) is 7.11 Å². The first-order valence-corrected chi connectivity index (χ1v) is 7.93. The van der Waals surface area contributed by atoms with E-state index in [2.05, 4.69) is 17.6 Å². The zero-order chi connectivity index (χ0) is 15.8. The zero-order valence-electron chi connectivity index (χ0n) is 13.4. The molecule has 2 rings (SSSR count). The van der Waals surface area contributed by atoms with Crippen molar-refractivity contribution in [2.24, 2.45) is 0 Å². The van der Waals surface area contributed by atoms with Gasteiger partial charge in [0.15, 0.2) is 0 Å². The number of carbonyl (C=O) groups is 1. The number of amides is 2. The van der Waals surface area contributed by atoms with Crippen LogP contribution in [0, 0.1) is 0 Å². The van der Waals surface area contributed by atoms with E-state index < -0.39 is 5.60 Å². The zero-order valence-corrected chi connectivity index (χ0v) is 13.4. The van der Waals surface area contributed by atoms with Gasteiger partial charge < -0.3 is 20.1 Å². The van der Waals surface area contributed by atoms with Crippen molar-refractivity contribution in [2.45, 2.75) is 37.8 Å². The molecule has 0 bridgehead atoms. The van der Waals surface area contributed by atoms with Crippen LogP contribution in [0.25, 0.3) is 0 Å². The Balaban J connectivity index is 1.92. The van der Waals surface area contributed by atoms with Crippen LogP contribution in [0.2, 0.25) is 0 Å². The molecule has 1 aromatic carbocycles. The van der Waals surface area contributed by atoms with Crippen molar-refractivity contribution in [1.29, 1.82) is 0 Å². The maximum Gasteiger partial charge on any atom is 0.315 e. The van der Waals surface area contributed by atoms with Crippen LogP contribution < -0.4 is 10.6 Å². The van der Waals surface area contributed by atoms with Crippen LogP contribution in [0.5, 0.6) is 0 Å². The second kappa shape index (κ2) is 8.15. The number of methoxy groups -OCH3 is 1. The van der Waals surface area contributed by atoms with Gasteiger partial charge in [0.1, 0.15) is 5.60 Å². The summed E-state index contributed by atoms with van der Waals surface area (Å²) in [5, 5.41) is 5.96. The first kappa shape index (κ1) is 16.8. The molecule has 0 aromatic heterocycles. The Bertz CT molecular complexity index is 454. The molecule has 0 radical (unpaired) electrons. The maximum absolute atomic E-state index is 12.1. The van der Waals surface area contributed by atoms with Gasteiger partial charge in [-0.05, 0) is 24.8 Å². The van der Waals surface area contributed by atoms with Crippen LogP contribution in [-0.4, -0.2) is 38.9 Å². The van der Waals surface area contributed by atoms with Crippen molar-refractivity contribution in [3.63, 3.8) is 0 Å². The maximum atomic E-state index is 12.1. The van der Waals surface area contributed by atoms with Gasteiger partial charge in [0.2, 0.25) is 0 Å². The Kier molecular flexibility index (Phi) is 6.21. The average Bonchev–Trinajstić information content (AvgIpc) is 2.58. The van der Waals surface area contributed by atoms with Crippen molar-refractivity contribution in [1.82, 2.24) is 10.6 Å². The van der Waals surface area contributed by atoms with Gasteiger partial charge in [-0.1, -0.05) is 37.3 Å². The summed E-state index contributed by atoms with van der Waals surface area (Å²) in [6, 6.07) is 10.1. The molecule has 0 saturated carbocycles. The van der Waals surface area contributed by atoms with E-state index in [-0.39, 0.29) is 12.1 Å². The van der Waals surface area contributed by atoms with E-state index >= 15 is 0 Å². The molecule has 1 aliphatic heterocycles. The van der Waals surface area contributed by atoms with Crippen molar-refractivity contribution in [2.75, 3.05) is 26.9 Å². The Morgan fingerprint density at radius 2 is 2.00 bits per heavy atom. The number of urea groups is 1. The van der Waals surface area contributed by atoms with E-state index in [9.17, 15) is 4.79 Å². The van der Waals surface area contributed by atoms with Crippen LogP contribution in [0.15, 0.2) is 30.3 Å². The molecular weight excluding hydrogens is 280 g/mol. The highest BCUT2D eigenvalue weighted by molar-refractivity contribution is 5.74. The number of rotatable bonds is 6. The summed E-state index contributed by atoms with van der Waals surface area (Å²) in [6.45, 7) is 3.94. The van der Waals surface area contributed by atoms with Gasteiger partial charge in [-0.2, -0.15) is 0 Å². The minimum absolute atomic E-state index is 0.141. The quantitative estimate of drug-likeness (QED) is 0.848. The van der Waals surface area contributed by atoms with Crippen LogP contribution in [0.4, 0.5) is 4.79 Å². The number of nitrogens with one attached hydrogen (secondary N) is 2. The number of hydrogen-bond acceptors (Lipinski definition) is 3. The molecule has 1 heterocycles. The molecule has 2 amide bonds. The lowest BCUT2D eigenvalue weighted by Gasteiger charge is -2.32. The van der Waals surface area contributed by atoms with Gasteiger partial charge in [0, 0.05) is 26.4 Å². The van der Waals surface area contributed by atoms with Gasteiger partial charge in [0.05, 0.1) is 6.54 Å². The third kappa shape index (κ3) is 4.21. The summed E-state index contributed by atoms with van der Waals surface area (Å²) < 4.78 is 11.0. The number of benzene rings is 1. The summed E-state index contributed by atoms with van der Waals surface area (Å²) in [7, 11) is 1.69. The minimum Gasteiger partial charge on any atom is -0.381 e. The molecule has 1 aromatic rings. The SMILES string of the molecule is CC[C@@](CNC(=O)NC1CCOCC1)(OC)c1ccccc1. The second-order valence-corrected chi connectivity index (χ2v) is 5.63. The summed E-state index contributed by atoms with van der Waals surface area (Å²) in [5.74, 6) is 0. The second-order valence-electron chi connectivity index (χ2n) is 5.63. The van der Waals surface area contributed by atoms with Gasteiger partial charge in [-0.15, -0.1) is 0 Å². The molecule has 1 aliphatic rings. The van der Waals surface area contributed by atoms with Crippen molar-refractivity contribution in [3.05, 3.63) is 35.9 Å². The van der Waals surface area contributed by atoms with Gasteiger partial charge in [0.25, 0.3) is 0 Å². The van der Waals surface area contributed by atoms with Gasteiger partial charge >= 0.3 is 6.03 Å². The van der Waals surface area contributed by atoms with Gasteiger partial charge in [-0.25, -0.2) is 4.79 Å². The van der Waals surface area contributed by atoms with E-state index in [0.29, 0.717) is 19.8 Å². The lowest BCUT2D eigenvalue weighted by Crippen LogP contribution is -2.49. The molecular formula is C17H26N2O3. The smallest absolute Gasteiger partial charge is 0.315 e. The molecule has 5 heteroatoms. The van der Waals surface area contributed by atoms with E-state index in [1.807, 2.05) is 30.3 Å². The predicted molar refractivity (Wildman–Crippen MR) is 85.8 cm³/mol. The molecule has 0 aliphatic carbocycles. The van der Waals surface area contributed by atoms with E-state index in [1.165, 1.54) is 0 Å². The van der Waals surface area contributed by atoms with Crippen molar-refractivity contribution < 1.29 is 14.3 Å². The van der Waals surface area contributed by atoms with Crippen LogP contribution >= 0.6 is 0 Å². The summed E-state index contributed by atoms with van der Waals surface area (Å²) in [5.41, 5.74) is 0.584. The third-order valence-electron chi connectivity index (χ3n) is 4.35. The molecule has 0 spiro atoms. The lowest BCUT2D eigenvalue weighted by atomic mass is 9.90. The molecule has 1 fully saturated rings. The van der Waals surface area contributed by atoms with Crippen molar-refractivity contribution >= 4 is 6.03 Å². The highest BCUT2D eigenvalue weighted by Gasteiger charge is 2.30. The van der Waals surface area contributed by atoms with E-state index in [0.717, 1.165) is 24.8 Å². The van der Waals surface area contributed by atoms with E-state index in [4.69, 9.17) is 9.47 Å². The normalized spacial score (nSPS) is 18.5. The van der Waals surface area contributed by atoms with Gasteiger partial charge in [-0.3, -0.25) is 0 Å². The first-order valence-electron chi connectivity index (χ1n) is 7.93. The highest BCUT2D eigenvalue weighted by atomic mass is 16.5. The van der Waals surface area contributed by atoms with Crippen LogP contribution in [0.3, 0.4) is 0 Å². The fourth-order valence-corrected chi connectivity index (χ4v) is 2.81. The third-order valence-corrected chi connectivity index (χ3v) is 4.35. The standard InChI is InChI=1S/C17H26N2O3/c1-3-17(21-2,14-7-5-4-6-8-14)13-18-16(20)19-15-9-11-22-12-10-15/h4-8,15H,3,9-13H2,1-2H3,(H2,18,19,20)/t17-/m0/s1. The number of hydrogen-bond donors (Lipinski definition) is 2. The molecule has 5 nitrogen and oxygen atoms in total. The first-order chi connectivity index (χ1) is 10.7. The molecule has 22 heavy (non-hydrogen) atoms. The fraction of sp³-hybridized carbons (Fsp3) is 0.588. The highest BCUT2D eigenvalue weighted by Crippen LogP contribution is 2.27. The predicted octanol–water partition coefficient (Wildman–Crippen LogP) is 2.42. The van der Waals surface area contributed by atoms with Crippen LogP contribution in [0.1, 0.15) is 31.7 Å².